The van der Waals surface area contributed by atoms with Gasteiger partial charge in [0.1, 0.15) is 0 Å². The van der Waals surface area contributed by atoms with E-state index in [1.165, 1.54) is 31.4 Å². The molecule has 0 saturated heterocycles. The van der Waals surface area contributed by atoms with Gasteiger partial charge in [-0.2, -0.15) is 0 Å². The van der Waals surface area contributed by atoms with Crippen LogP contribution in [0.15, 0.2) is 34.2 Å². The third-order valence-corrected chi connectivity index (χ3v) is 5.73. The Labute approximate surface area is 160 Å². The van der Waals surface area contributed by atoms with E-state index in [1.54, 1.807) is 12.1 Å². The predicted octanol–water partition coefficient (Wildman–Crippen LogP) is 2.97. The smallest absolute Gasteiger partial charge is 0.188 e. The van der Waals surface area contributed by atoms with E-state index in [-0.39, 0.29) is 41.2 Å². The molecule has 0 aliphatic heterocycles. The molecule has 0 unspecified atom stereocenters. The molecule has 2 rings (SSSR count). The molecule has 0 radical (unpaired) electrons. The van der Waals surface area contributed by atoms with Gasteiger partial charge in [0.15, 0.2) is 15.8 Å². The molecule has 1 saturated carbocycles. The normalized spacial score (nSPS) is 16.7. The van der Waals surface area contributed by atoms with Crippen LogP contribution in [0.1, 0.15) is 32.1 Å². The van der Waals surface area contributed by atoms with Crippen LogP contribution in [0.4, 0.5) is 0 Å². The van der Waals surface area contributed by atoms with Gasteiger partial charge in [-0.3, -0.25) is 4.99 Å². The second kappa shape index (κ2) is 9.68. The van der Waals surface area contributed by atoms with Crippen LogP contribution in [0, 0.1) is 0 Å². The Balaban J connectivity index is 0.00000264. The molecule has 3 N–H and O–H groups in total. The number of guanidine groups is 1. The number of rotatable bonds is 5. The standard InChI is InChI=1S/C15H22ClN3O2S.HI/c16-12-6-8-14(9-7-12)22(20,21)11-10-18-15(17)19-13-4-2-1-3-5-13;/h6-9,13H,1-5,10-11H2,(H3,17,18,19);1H. The number of nitrogens with two attached hydrogens (primary N) is 1. The Morgan fingerprint density at radius 3 is 2.43 bits per heavy atom. The number of hydrogen-bond acceptors (Lipinski definition) is 3. The molecule has 0 aromatic heterocycles. The van der Waals surface area contributed by atoms with Crippen molar-refractivity contribution in [2.75, 3.05) is 12.3 Å². The molecule has 0 heterocycles. The first-order chi connectivity index (χ1) is 10.5. The molecule has 1 aromatic rings. The number of nitrogens with one attached hydrogen (secondary N) is 1. The van der Waals surface area contributed by atoms with E-state index in [0.29, 0.717) is 17.0 Å². The third-order valence-electron chi connectivity index (χ3n) is 3.77. The minimum Gasteiger partial charge on any atom is -0.370 e. The molecule has 1 aliphatic rings. The van der Waals surface area contributed by atoms with E-state index in [0.717, 1.165) is 12.8 Å². The quantitative estimate of drug-likeness (QED) is 0.393. The third kappa shape index (κ3) is 6.84. The number of sulfone groups is 1. The largest absolute Gasteiger partial charge is 0.370 e. The summed E-state index contributed by atoms with van der Waals surface area (Å²) in [5.41, 5.74) is 5.82. The van der Waals surface area contributed by atoms with Crippen LogP contribution in [-0.2, 0) is 9.84 Å². The number of halogens is 2. The molecule has 0 atom stereocenters. The van der Waals surface area contributed by atoms with Crippen LogP contribution >= 0.6 is 35.6 Å². The van der Waals surface area contributed by atoms with E-state index in [9.17, 15) is 8.42 Å². The first-order valence-electron chi connectivity index (χ1n) is 7.52. The monoisotopic (exact) mass is 471 g/mol. The van der Waals surface area contributed by atoms with Crippen molar-refractivity contribution in [3.63, 3.8) is 0 Å². The van der Waals surface area contributed by atoms with Gasteiger partial charge in [-0.15, -0.1) is 24.0 Å². The van der Waals surface area contributed by atoms with E-state index >= 15 is 0 Å². The molecule has 0 amide bonds. The SMILES string of the molecule is I.NC(=NCCS(=O)(=O)c1ccc(Cl)cc1)NC1CCCCC1. The molecule has 130 valence electrons. The highest BCUT2D eigenvalue weighted by Gasteiger charge is 2.15. The summed E-state index contributed by atoms with van der Waals surface area (Å²) in [6.45, 7) is 0.149. The van der Waals surface area contributed by atoms with Gasteiger partial charge in [0, 0.05) is 11.1 Å². The number of aliphatic imine (C=N–C) groups is 1. The molecule has 1 aromatic carbocycles. The summed E-state index contributed by atoms with van der Waals surface area (Å²) in [6.07, 6.45) is 5.87. The molecule has 23 heavy (non-hydrogen) atoms. The summed E-state index contributed by atoms with van der Waals surface area (Å²) >= 11 is 5.76. The molecule has 8 heteroatoms. The fourth-order valence-corrected chi connectivity index (χ4v) is 3.79. The second-order valence-corrected chi connectivity index (χ2v) is 8.06. The van der Waals surface area contributed by atoms with Crippen LogP contribution in [-0.4, -0.2) is 32.7 Å². The highest BCUT2D eigenvalue weighted by molar-refractivity contribution is 14.0. The van der Waals surface area contributed by atoms with E-state index < -0.39 is 9.84 Å². The van der Waals surface area contributed by atoms with Crippen LogP contribution in [0.5, 0.6) is 0 Å². The summed E-state index contributed by atoms with van der Waals surface area (Å²) in [7, 11) is -3.35. The molecule has 1 aliphatic carbocycles. The van der Waals surface area contributed by atoms with Crippen molar-refractivity contribution in [2.45, 2.75) is 43.0 Å². The molecular weight excluding hydrogens is 449 g/mol. The average molecular weight is 472 g/mol. The maximum Gasteiger partial charge on any atom is 0.188 e. The molecule has 0 spiro atoms. The Kier molecular flexibility index (Phi) is 8.63. The highest BCUT2D eigenvalue weighted by atomic mass is 127. The van der Waals surface area contributed by atoms with Gasteiger partial charge in [0.2, 0.25) is 0 Å². The van der Waals surface area contributed by atoms with Gasteiger partial charge in [0.25, 0.3) is 0 Å². The maximum absolute atomic E-state index is 12.1. The lowest BCUT2D eigenvalue weighted by molar-refractivity contribution is 0.412. The second-order valence-electron chi connectivity index (χ2n) is 5.52. The van der Waals surface area contributed by atoms with Gasteiger partial charge in [-0.05, 0) is 37.1 Å². The molecule has 1 fully saturated rings. The highest BCUT2D eigenvalue weighted by Crippen LogP contribution is 2.17. The maximum atomic E-state index is 12.1. The molecular formula is C15H23ClIN3O2S. The van der Waals surface area contributed by atoms with Gasteiger partial charge >= 0.3 is 0 Å². The fourth-order valence-electron chi connectivity index (χ4n) is 2.55. The van der Waals surface area contributed by atoms with Crippen LogP contribution < -0.4 is 11.1 Å². The zero-order valence-electron chi connectivity index (χ0n) is 12.9. The Morgan fingerprint density at radius 2 is 1.83 bits per heavy atom. The first-order valence-corrected chi connectivity index (χ1v) is 9.55. The summed E-state index contributed by atoms with van der Waals surface area (Å²) in [5.74, 6) is 0.264. The zero-order chi connectivity index (χ0) is 16.0. The van der Waals surface area contributed by atoms with Gasteiger partial charge in [0.05, 0.1) is 17.2 Å². The number of benzene rings is 1. The van der Waals surface area contributed by atoms with E-state index in [2.05, 4.69) is 10.3 Å². The Bertz CT molecular complexity index is 614. The van der Waals surface area contributed by atoms with Crippen molar-refractivity contribution in [3.8, 4) is 0 Å². The molecule has 0 bridgehead atoms. The number of nitrogens with zero attached hydrogens (tertiary/aromatic N) is 1. The van der Waals surface area contributed by atoms with Crippen molar-refractivity contribution in [1.82, 2.24) is 5.32 Å². The summed E-state index contributed by atoms with van der Waals surface area (Å²) < 4.78 is 24.3. The van der Waals surface area contributed by atoms with Crippen molar-refractivity contribution < 1.29 is 8.42 Å². The van der Waals surface area contributed by atoms with Gasteiger partial charge < -0.3 is 11.1 Å². The van der Waals surface area contributed by atoms with Crippen LogP contribution in [0.2, 0.25) is 5.02 Å². The topological polar surface area (TPSA) is 84.5 Å². The summed E-state index contributed by atoms with van der Waals surface area (Å²) in [4.78, 5) is 4.38. The zero-order valence-corrected chi connectivity index (χ0v) is 16.8. The lowest BCUT2D eigenvalue weighted by atomic mass is 9.96. The van der Waals surface area contributed by atoms with Crippen molar-refractivity contribution >= 4 is 51.4 Å². The van der Waals surface area contributed by atoms with Crippen LogP contribution in [0.3, 0.4) is 0 Å². The minimum absolute atomic E-state index is 0. The lowest BCUT2D eigenvalue weighted by Gasteiger charge is -2.23. The average Bonchev–Trinajstić information content (AvgIpc) is 2.48. The van der Waals surface area contributed by atoms with Crippen molar-refractivity contribution in [1.29, 1.82) is 0 Å². The van der Waals surface area contributed by atoms with E-state index in [4.69, 9.17) is 17.3 Å². The van der Waals surface area contributed by atoms with E-state index in [1.807, 2.05) is 0 Å². The Morgan fingerprint density at radius 1 is 1.22 bits per heavy atom. The summed E-state index contributed by atoms with van der Waals surface area (Å²) in [5, 5.41) is 3.68. The molecule has 5 nitrogen and oxygen atoms in total. The van der Waals surface area contributed by atoms with Crippen molar-refractivity contribution in [2.24, 2.45) is 10.7 Å². The Hall–Kier alpha value is -0.540. The predicted molar refractivity (Wildman–Crippen MR) is 105 cm³/mol. The number of hydrogen-bond donors (Lipinski definition) is 2. The van der Waals surface area contributed by atoms with Crippen LogP contribution in [0.25, 0.3) is 0 Å². The lowest BCUT2D eigenvalue weighted by Crippen LogP contribution is -2.41. The van der Waals surface area contributed by atoms with Gasteiger partial charge in [-0.25, -0.2) is 8.42 Å². The van der Waals surface area contributed by atoms with Gasteiger partial charge in [-0.1, -0.05) is 30.9 Å². The first kappa shape index (κ1) is 20.5. The summed E-state index contributed by atoms with van der Waals surface area (Å²) in [6, 6.07) is 6.51. The fraction of sp³-hybridized carbons (Fsp3) is 0.533. The minimum atomic E-state index is -3.35. The van der Waals surface area contributed by atoms with Crippen molar-refractivity contribution in [3.05, 3.63) is 29.3 Å².